The number of allylic oxidation sites excluding steroid dienone is 1. The lowest BCUT2D eigenvalue weighted by Crippen LogP contribution is -2.28. The van der Waals surface area contributed by atoms with Crippen molar-refractivity contribution < 1.29 is 9.90 Å². The zero-order chi connectivity index (χ0) is 10.4. The minimum absolute atomic E-state index is 0.0892. The van der Waals surface area contributed by atoms with Crippen LogP contribution in [0.4, 0.5) is 0 Å². The van der Waals surface area contributed by atoms with Gasteiger partial charge in [0.2, 0.25) is 5.91 Å². The number of hydrogen-bond donors (Lipinski definition) is 2. The van der Waals surface area contributed by atoms with Gasteiger partial charge in [0.15, 0.2) is 0 Å². The second-order valence-corrected chi connectivity index (χ2v) is 3.96. The molecule has 3 heteroatoms. The second kappa shape index (κ2) is 5.81. The van der Waals surface area contributed by atoms with Crippen LogP contribution in [0, 0.1) is 5.92 Å². The van der Waals surface area contributed by atoms with Crippen molar-refractivity contribution in [1.29, 1.82) is 0 Å². The lowest BCUT2D eigenvalue weighted by Gasteiger charge is -2.10. The second-order valence-electron chi connectivity index (χ2n) is 3.96. The van der Waals surface area contributed by atoms with Gasteiger partial charge in [-0.3, -0.25) is 4.79 Å². The van der Waals surface area contributed by atoms with Gasteiger partial charge in [0.1, 0.15) is 0 Å². The molecule has 2 N–H and O–H groups in total. The molecule has 0 spiro atoms. The quantitative estimate of drug-likeness (QED) is 0.651. The molecule has 1 amide bonds. The molecule has 14 heavy (non-hydrogen) atoms. The smallest absolute Gasteiger partial charge is 0.220 e. The molecule has 0 bridgehead atoms. The summed E-state index contributed by atoms with van der Waals surface area (Å²) >= 11 is 0. The van der Waals surface area contributed by atoms with Gasteiger partial charge in [0, 0.05) is 13.0 Å². The van der Waals surface area contributed by atoms with Gasteiger partial charge >= 0.3 is 0 Å². The van der Waals surface area contributed by atoms with E-state index in [4.69, 9.17) is 0 Å². The Morgan fingerprint density at radius 2 is 2.36 bits per heavy atom. The average molecular weight is 197 g/mol. The highest BCUT2D eigenvalue weighted by Gasteiger charge is 2.22. The molecule has 2 atom stereocenters. The molecular weight excluding hydrogens is 178 g/mol. The fraction of sp³-hybridized carbons (Fsp3) is 0.727. The molecule has 0 aromatic carbocycles. The van der Waals surface area contributed by atoms with Crippen molar-refractivity contribution in [3.63, 3.8) is 0 Å². The lowest BCUT2D eigenvalue weighted by molar-refractivity contribution is -0.121. The Bertz CT molecular complexity index is 203. The summed E-state index contributed by atoms with van der Waals surface area (Å²) in [5.41, 5.74) is 0. The maximum atomic E-state index is 11.2. The number of hydrogen-bond acceptors (Lipinski definition) is 2. The fourth-order valence-corrected chi connectivity index (χ4v) is 1.81. The molecule has 0 aromatic heterocycles. The zero-order valence-corrected chi connectivity index (χ0v) is 8.54. The molecule has 0 radical (unpaired) electrons. The van der Waals surface area contributed by atoms with Gasteiger partial charge in [-0.25, -0.2) is 0 Å². The maximum absolute atomic E-state index is 11.2. The Morgan fingerprint density at radius 3 is 2.93 bits per heavy atom. The van der Waals surface area contributed by atoms with Crippen molar-refractivity contribution in [3.8, 4) is 0 Å². The Labute approximate surface area is 85.2 Å². The van der Waals surface area contributed by atoms with Gasteiger partial charge in [-0.15, -0.1) is 6.58 Å². The van der Waals surface area contributed by atoms with Crippen LogP contribution in [0.25, 0.3) is 0 Å². The van der Waals surface area contributed by atoms with Crippen LogP contribution < -0.4 is 5.32 Å². The van der Waals surface area contributed by atoms with E-state index in [9.17, 15) is 9.90 Å². The van der Waals surface area contributed by atoms with Gasteiger partial charge in [0.05, 0.1) is 6.10 Å². The van der Waals surface area contributed by atoms with Crippen LogP contribution in [0.1, 0.15) is 32.1 Å². The number of aliphatic hydroxyl groups is 1. The molecule has 1 aliphatic rings. The fourth-order valence-electron chi connectivity index (χ4n) is 1.81. The molecule has 0 aromatic rings. The molecule has 3 nitrogen and oxygen atoms in total. The van der Waals surface area contributed by atoms with E-state index < -0.39 is 0 Å². The summed E-state index contributed by atoms with van der Waals surface area (Å²) in [5.74, 6) is 0.559. The first kappa shape index (κ1) is 11.2. The first-order valence-corrected chi connectivity index (χ1v) is 5.28. The maximum Gasteiger partial charge on any atom is 0.220 e. The van der Waals surface area contributed by atoms with E-state index in [0.717, 1.165) is 25.7 Å². The van der Waals surface area contributed by atoms with E-state index in [1.807, 2.05) is 0 Å². The average Bonchev–Trinajstić information content (AvgIpc) is 2.58. The van der Waals surface area contributed by atoms with Gasteiger partial charge in [-0.05, 0) is 31.6 Å². The van der Waals surface area contributed by atoms with Crippen molar-refractivity contribution >= 4 is 5.91 Å². The minimum atomic E-state index is -0.148. The number of aliphatic hydroxyl groups excluding tert-OH is 1. The van der Waals surface area contributed by atoms with Crippen LogP contribution in [-0.2, 0) is 4.79 Å². The number of carbonyl (C=O) groups is 1. The topological polar surface area (TPSA) is 49.3 Å². The van der Waals surface area contributed by atoms with Gasteiger partial charge in [0.25, 0.3) is 0 Å². The molecule has 0 heterocycles. The zero-order valence-electron chi connectivity index (χ0n) is 8.54. The van der Waals surface area contributed by atoms with Gasteiger partial charge in [-0.2, -0.15) is 0 Å². The molecule has 2 unspecified atom stereocenters. The summed E-state index contributed by atoms with van der Waals surface area (Å²) < 4.78 is 0. The van der Waals surface area contributed by atoms with E-state index in [1.54, 1.807) is 6.08 Å². The Balaban J connectivity index is 2.08. The van der Waals surface area contributed by atoms with Crippen LogP contribution in [0.15, 0.2) is 12.7 Å². The van der Waals surface area contributed by atoms with Crippen LogP contribution in [0.2, 0.25) is 0 Å². The molecule has 1 rings (SSSR count). The molecular formula is C11H19NO2. The van der Waals surface area contributed by atoms with Crippen LogP contribution >= 0.6 is 0 Å². The van der Waals surface area contributed by atoms with Crippen molar-refractivity contribution in [2.45, 2.75) is 38.2 Å². The van der Waals surface area contributed by atoms with Crippen LogP contribution in [0.3, 0.4) is 0 Å². The van der Waals surface area contributed by atoms with Crippen molar-refractivity contribution in [1.82, 2.24) is 5.32 Å². The molecule has 80 valence electrons. The highest BCUT2D eigenvalue weighted by Crippen LogP contribution is 2.24. The molecule has 0 aliphatic heterocycles. The van der Waals surface area contributed by atoms with Gasteiger partial charge < -0.3 is 10.4 Å². The number of rotatable bonds is 5. The van der Waals surface area contributed by atoms with Crippen molar-refractivity contribution in [2.75, 3.05) is 6.54 Å². The largest absolute Gasteiger partial charge is 0.393 e. The molecule has 1 saturated carbocycles. The monoisotopic (exact) mass is 197 g/mol. The third kappa shape index (κ3) is 3.92. The van der Waals surface area contributed by atoms with Crippen molar-refractivity contribution in [2.24, 2.45) is 5.92 Å². The lowest BCUT2D eigenvalue weighted by atomic mass is 10.1. The Morgan fingerprint density at radius 1 is 1.57 bits per heavy atom. The normalized spacial score (nSPS) is 26.1. The first-order chi connectivity index (χ1) is 6.72. The highest BCUT2D eigenvalue weighted by atomic mass is 16.3. The molecule has 1 fully saturated rings. The molecule has 1 aliphatic carbocycles. The summed E-state index contributed by atoms with van der Waals surface area (Å²) in [6.07, 6.45) is 5.61. The van der Waals surface area contributed by atoms with Crippen molar-refractivity contribution in [3.05, 3.63) is 12.7 Å². The summed E-state index contributed by atoms with van der Waals surface area (Å²) in [7, 11) is 0. The Hall–Kier alpha value is -0.830. The van der Waals surface area contributed by atoms with E-state index in [0.29, 0.717) is 18.9 Å². The number of amides is 1. The van der Waals surface area contributed by atoms with Gasteiger partial charge in [-0.1, -0.05) is 6.08 Å². The minimum Gasteiger partial charge on any atom is -0.393 e. The third-order valence-corrected chi connectivity index (χ3v) is 2.68. The standard InChI is InChI=1S/C11H19NO2/c1-2-3-4-11(14)12-8-9-5-6-10(13)7-9/h2,9-10,13H,1,3-8H2,(H,12,14). The predicted octanol–water partition coefficient (Wildman–Crippen LogP) is 1.23. The van der Waals surface area contributed by atoms with E-state index in [-0.39, 0.29) is 12.0 Å². The summed E-state index contributed by atoms with van der Waals surface area (Å²) in [5, 5.41) is 12.2. The molecule has 0 saturated heterocycles. The summed E-state index contributed by atoms with van der Waals surface area (Å²) in [4.78, 5) is 11.2. The van der Waals surface area contributed by atoms with Crippen LogP contribution in [0.5, 0.6) is 0 Å². The number of carbonyl (C=O) groups excluding carboxylic acids is 1. The van der Waals surface area contributed by atoms with E-state index in [2.05, 4.69) is 11.9 Å². The summed E-state index contributed by atoms with van der Waals surface area (Å²) in [6.45, 7) is 4.28. The van der Waals surface area contributed by atoms with Crippen LogP contribution in [-0.4, -0.2) is 23.7 Å². The third-order valence-electron chi connectivity index (χ3n) is 2.68. The predicted molar refractivity (Wildman–Crippen MR) is 55.8 cm³/mol. The Kier molecular flexibility index (Phi) is 4.66. The SMILES string of the molecule is C=CCCC(=O)NCC1CCC(O)C1. The van der Waals surface area contributed by atoms with E-state index in [1.165, 1.54) is 0 Å². The summed E-state index contributed by atoms with van der Waals surface area (Å²) in [6, 6.07) is 0. The number of nitrogens with one attached hydrogen (secondary N) is 1. The van der Waals surface area contributed by atoms with E-state index >= 15 is 0 Å². The highest BCUT2D eigenvalue weighted by molar-refractivity contribution is 5.75. The first-order valence-electron chi connectivity index (χ1n) is 5.28.